The topological polar surface area (TPSA) is 65.0 Å². The molecule has 3 aromatic rings. The first-order valence-electron chi connectivity index (χ1n) is 7.57. The molecule has 24 heavy (non-hydrogen) atoms. The van der Waals surface area contributed by atoms with Crippen LogP contribution >= 0.6 is 11.3 Å². The van der Waals surface area contributed by atoms with E-state index in [4.69, 9.17) is 4.98 Å². The number of aromatic nitrogens is 1. The zero-order chi connectivity index (χ0) is 17.3. The maximum absolute atomic E-state index is 10.8. The fourth-order valence-corrected chi connectivity index (χ4v) is 3.35. The second-order valence-electron chi connectivity index (χ2n) is 5.73. The van der Waals surface area contributed by atoms with Gasteiger partial charge in [-0.1, -0.05) is 29.8 Å². The Bertz CT molecular complexity index is 898. The van der Waals surface area contributed by atoms with Crippen molar-refractivity contribution in [1.82, 2.24) is 4.98 Å². The molecule has 0 spiro atoms. The molecule has 0 saturated heterocycles. The molecule has 4 nitrogen and oxygen atoms in total. The second kappa shape index (κ2) is 6.45. The van der Waals surface area contributed by atoms with Crippen LogP contribution in [0.25, 0.3) is 11.3 Å². The summed E-state index contributed by atoms with van der Waals surface area (Å²) < 4.78 is 0. The Morgan fingerprint density at radius 2 is 1.79 bits per heavy atom. The summed E-state index contributed by atoms with van der Waals surface area (Å²) in [5.74, 6) is -1.18. The fourth-order valence-electron chi connectivity index (χ4n) is 2.50. The van der Waals surface area contributed by atoms with Crippen molar-refractivity contribution in [3.8, 4) is 11.3 Å². The zero-order valence-corrected chi connectivity index (χ0v) is 14.5. The highest BCUT2D eigenvalue weighted by Gasteiger charge is 2.12. The van der Waals surface area contributed by atoms with E-state index in [1.165, 1.54) is 23.3 Å². The molecule has 1 aromatic heterocycles. The molecule has 122 valence electrons. The average molecular weight is 337 g/mol. The van der Waals surface area contributed by atoms with Crippen LogP contribution in [0.15, 0.2) is 42.5 Å². The second-order valence-corrected chi connectivity index (χ2v) is 6.94. The van der Waals surface area contributed by atoms with Crippen molar-refractivity contribution >= 4 is 28.1 Å². The van der Waals surface area contributed by atoms with Crippen molar-refractivity contribution in [1.29, 1.82) is 0 Å². The summed E-state index contributed by atoms with van der Waals surface area (Å²) in [6.45, 7) is 6.21. The van der Waals surface area contributed by atoms with E-state index in [1.807, 2.05) is 0 Å². The van der Waals surface area contributed by atoms with Gasteiger partial charge in [-0.3, -0.25) is 0 Å². The minimum absolute atomic E-state index is 0.159. The first kappa shape index (κ1) is 16.2. The van der Waals surface area contributed by atoms with Crippen LogP contribution in [-0.2, 0) is 0 Å². The third-order valence-electron chi connectivity index (χ3n) is 3.82. The van der Waals surface area contributed by atoms with E-state index in [2.05, 4.69) is 44.3 Å². The molecule has 0 radical (unpaired) electrons. The van der Waals surface area contributed by atoms with Gasteiger partial charge in [0.05, 0.1) is 11.7 Å². The number of carbonyl (C=O) groups excluding carboxylic acids is 1. The quantitative estimate of drug-likeness (QED) is 0.785. The summed E-state index contributed by atoms with van der Waals surface area (Å²) in [4.78, 5) is 16.6. The molecule has 0 saturated carbocycles. The standard InChI is InChI=1S/C19H18N2O2S/c1-11-4-5-12(2)16(10-11)17-13(3)24-19(21-17)20-15-8-6-14(7-9-15)18(22)23/h4-10H,1-3H3,(H,20,21)(H,22,23)/p-1. The van der Waals surface area contributed by atoms with Gasteiger partial charge >= 0.3 is 0 Å². The monoisotopic (exact) mass is 337 g/mol. The number of aromatic carboxylic acids is 1. The summed E-state index contributed by atoms with van der Waals surface area (Å²) in [6.07, 6.45) is 0. The molecule has 0 atom stereocenters. The number of hydrogen-bond donors (Lipinski definition) is 1. The third-order valence-corrected chi connectivity index (χ3v) is 4.70. The van der Waals surface area contributed by atoms with Gasteiger partial charge in [-0.15, -0.1) is 11.3 Å². The lowest BCUT2D eigenvalue weighted by Crippen LogP contribution is -2.21. The number of rotatable bonds is 4. The first-order chi connectivity index (χ1) is 11.4. The Balaban J connectivity index is 1.89. The largest absolute Gasteiger partial charge is 0.545 e. The number of carboxylic acids is 1. The van der Waals surface area contributed by atoms with E-state index >= 15 is 0 Å². The normalized spacial score (nSPS) is 10.6. The third kappa shape index (κ3) is 3.31. The van der Waals surface area contributed by atoms with Crippen LogP contribution in [0.5, 0.6) is 0 Å². The SMILES string of the molecule is Cc1ccc(C)c(-c2nc(Nc3ccc(C(=O)[O-])cc3)sc2C)c1. The molecular formula is C19H17N2O2S-. The van der Waals surface area contributed by atoms with Crippen LogP contribution in [0, 0.1) is 20.8 Å². The fraction of sp³-hybridized carbons (Fsp3) is 0.158. The van der Waals surface area contributed by atoms with Gasteiger partial charge in [-0.2, -0.15) is 0 Å². The number of nitrogens with zero attached hydrogens (tertiary/aromatic N) is 1. The first-order valence-corrected chi connectivity index (χ1v) is 8.39. The van der Waals surface area contributed by atoms with E-state index < -0.39 is 5.97 Å². The molecule has 3 rings (SSSR count). The summed E-state index contributed by atoms with van der Waals surface area (Å²) in [5.41, 5.74) is 5.47. The Morgan fingerprint density at radius 1 is 1.08 bits per heavy atom. The average Bonchev–Trinajstić information content (AvgIpc) is 2.90. The van der Waals surface area contributed by atoms with Crippen molar-refractivity contribution in [2.75, 3.05) is 5.32 Å². The van der Waals surface area contributed by atoms with Gasteiger partial charge in [-0.05, 0) is 50.1 Å². The highest BCUT2D eigenvalue weighted by molar-refractivity contribution is 7.16. The van der Waals surface area contributed by atoms with Crippen molar-refractivity contribution in [3.63, 3.8) is 0 Å². The lowest BCUT2D eigenvalue weighted by molar-refractivity contribution is -0.255. The Morgan fingerprint density at radius 3 is 2.46 bits per heavy atom. The molecule has 0 aliphatic rings. The van der Waals surface area contributed by atoms with Crippen molar-refractivity contribution in [2.24, 2.45) is 0 Å². The van der Waals surface area contributed by atoms with Gasteiger partial charge in [0.2, 0.25) is 0 Å². The molecule has 2 aromatic carbocycles. The van der Waals surface area contributed by atoms with E-state index in [0.29, 0.717) is 0 Å². The molecular weight excluding hydrogens is 320 g/mol. The number of anilines is 2. The predicted molar refractivity (Wildman–Crippen MR) is 95.8 cm³/mol. The maximum atomic E-state index is 10.8. The van der Waals surface area contributed by atoms with Gasteiger partial charge in [-0.25, -0.2) is 4.98 Å². The van der Waals surface area contributed by atoms with Crippen LogP contribution in [0.4, 0.5) is 10.8 Å². The highest BCUT2D eigenvalue weighted by atomic mass is 32.1. The van der Waals surface area contributed by atoms with E-state index in [-0.39, 0.29) is 5.56 Å². The number of nitrogens with one attached hydrogen (secondary N) is 1. The van der Waals surface area contributed by atoms with Crippen molar-refractivity contribution in [2.45, 2.75) is 20.8 Å². The Labute approximate surface area is 144 Å². The molecule has 0 amide bonds. The van der Waals surface area contributed by atoms with Crippen molar-refractivity contribution < 1.29 is 9.90 Å². The highest BCUT2D eigenvalue weighted by Crippen LogP contribution is 2.34. The Kier molecular flexibility index (Phi) is 4.36. The molecule has 1 heterocycles. The minimum atomic E-state index is -1.18. The summed E-state index contributed by atoms with van der Waals surface area (Å²) in [5, 5.41) is 14.8. The number of carbonyl (C=O) groups is 1. The smallest absolute Gasteiger partial charge is 0.187 e. The lowest BCUT2D eigenvalue weighted by Gasteiger charge is -2.06. The molecule has 0 aliphatic heterocycles. The molecule has 0 unspecified atom stereocenters. The molecule has 0 aliphatic carbocycles. The van der Waals surface area contributed by atoms with Crippen LogP contribution in [0.3, 0.4) is 0 Å². The van der Waals surface area contributed by atoms with Crippen LogP contribution < -0.4 is 10.4 Å². The lowest BCUT2D eigenvalue weighted by atomic mass is 10.0. The molecule has 5 heteroatoms. The number of hydrogen-bond acceptors (Lipinski definition) is 5. The summed E-state index contributed by atoms with van der Waals surface area (Å²) in [7, 11) is 0. The van der Waals surface area contributed by atoms with Gasteiger partial charge in [0.15, 0.2) is 5.13 Å². The summed E-state index contributed by atoms with van der Waals surface area (Å²) >= 11 is 1.58. The number of carboxylic acid groups (broad SMARTS) is 1. The van der Waals surface area contributed by atoms with Gasteiger partial charge < -0.3 is 15.2 Å². The molecule has 0 fully saturated rings. The molecule has 1 N–H and O–H groups in total. The van der Waals surface area contributed by atoms with E-state index in [9.17, 15) is 9.90 Å². The zero-order valence-electron chi connectivity index (χ0n) is 13.7. The number of benzene rings is 2. The van der Waals surface area contributed by atoms with Crippen LogP contribution in [0.1, 0.15) is 26.4 Å². The van der Waals surface area contributed by atoms with Gasteiger partial charge in [0.1, 0.15) is 0 Å². The number of thiazole rings is 1. The van der Waals surface area contributed by atoms with E-state index in [1.54, 1.807) is 23.5 Å². The van der Waals surface area contributed by atoms with Crippen molar-refractivity contribution in [3.05, 3.63) is 64.0 Å². The van der Waals surface area contributed by atoms with Crippen LogP contribution in [-0.4, -0.2) is 11.0 Å². The summed E-state index contributed by atoms with van der Waals surface area (Å²) in [6, 6.07) is 12.8. The predicted octanol–water partition coefficient (Wildman–Crippen LogP) is 3.84. The Hall–Kier alpha value is -2.66. The minimum Gasteiger partial charge on any atom is -0.545 e. The van der Waals surface area contributed by atoms with Gasteiger partial charge in [0, 0.05) is 16.1 Å². The maximum Gasteiger partial charge on any atom is 0.187 e. The van der Waals surface area contributed by atoms with Gasteiger partial charge in [0.25, 0.3) is 0 Å². The molecule has 0 bridgehead atoms. The van der Waals surface area contributed by atoms with Crippen LogP contribution in [0.2, 0.25) is 0 Å². The van der Waals surface area contributed by atoms with E-state index in [0.717, 1.165) is 27.0 Å². The number of aryl methyl sites for hydroxylation is 3.